The van der Waals surface area contributed by atoms with E-state index < -0.39 is 6.67 Å². The summed E-state index contributed by atoms with van der Waals surface area (Å²) in [4.78, 5) is 0. The van der Waals surface area contributed by atoms with Crippen LogP contribution in [-0.4, -0.2) is 20.0 Å². The molecule has 160 valence electrons. The summed E-state index contributed by atoms with van der Waals surface area (Å²) in [6.07, 6.45) is 0. The van der Waals surface area contributed by atoms with Gasteiger partial charge in [0.2, 0.25) is 0 Å². The van der Waals surface area contributed by atoms with E-state index in [1.165, 1.54) is 11.3 Å². The van der Waals surface area contributed by atoms with E-state index >= 15 is 0 Å². The molecule has 0 aliphatic heterocycles. The minimum atomic E-state index is -0.712. The summed E-state index contributed by atoms with van der Waals surface area (Å²) in [7, 11) is 0. The molecule has 2 aromatic carbocycles. The van der Waals surface area contributed by atoms with Gasteiger partial charge in [0.25, 0.3) is 0 Å². The van der Waals surface area contributed by atoms with E-state index in [1.54, 1.807) is 22.9 Å². The van der Waals surface area contributed by atoms with E-state index in [1.807, 2.05) is 24.3 Å². The van der Waals surface area contributed by atoms with Crippen molar-refractivity contribution < 1.29 is 4.39 Å². The number of alkyl halides is 1. The van der Waals surface area contributed by atoms with Crippen molar-refractivity contribution in [3.05, 3.63) is 67.6 Å². The summed E-state index contributed by atoms with van der Waals surface area (Å²) in [5.41, 5.74) is 2.75. The minimum Gasteiger partial charge on any atom is -0.246 e. The van der Waals surface area contributed by atoms with E-state index in [2.05, 4.69) is 46.9 Å². The van der Waals surface area contributed by atoms with Crippen molar-refractivity contribution in [2.75, 3.05) is 0 Å². The van der Waals surface area contributed by atoms with E-state index in [4.69, 9.17) is 28.3 Å². The molecule has 2 heterocycles. The number of hydrogen-bond acceptors (Lipinski definition) is 4. The smallest absolute Gasteiger partial charge is 0.168 e. The number of halogens is 4. The molecule has 0 fully saturated rings. The van der Waals surface area contributed by atoms with Gasteiger partial charge < -0.3 is 0 Å². The molecule has 0 aliphatic carbocycles. The molecular formula is C22H18BrCl2FN4S. The van der Waals surface area contributed by atoms with Gasteiger partial charge in [-0.2, -0.15) is 5.10 Å². The Balaban J connectivity index is 1.99. The molecule has 0 bridgehead atoms. The highest BCUT2D eigenvalue weighted by Crippen LogP contribution is 2.39. The van der Waals surface area contributed by atoms with Crippen LogP contribution in [0.1, 0.15) is 31.3 Å². The van der Waals surface area contributed by atoms with Crippen LogP contribution in [0, 0.1) is 0 Å². The van der Waals surface area contributed by atoms with Crippen molar-refractivity contribution >= 4 is 50.5 Å². The summed E-state index contributed by atoms with van der Waals surface area (Å²) in [6.45, 7) is 5.47. The van der Waals surface area contributed by atoms with Crippen molar-refractivity contribution in [3.63, 3.8) is 0 Å². The van der Waals surface area contributed by atoms with Gasteiger partial charge in [-0.1, -0.05) is 83.4 Å². The lowest BCUT2D eigenvalue weighted by molar-refractivity contribution is 0.487. The van der Waals surface area contributed by atoms with Gasteiger partial charge in [-0.15, -0.1) is 10.2 Å². The normalized spacial score (nSPS) is 11.8. The van der Waals surface area contributed by atoms with E-state index in [-0.39, 0.29) is 5.41 Å². The summed E-state index contributed by atoms with van der Waals surface area (Å²) < 4.78 is 17.1. The molecule has 0 spiro atoms. The van der Waals surface area contributed by atoms with Crippen molar-refractivity contribution in [1.82, 2.24) is 20.0 Å². The Morgan fingerprint density at radius 1 is 1.06 bits per heavy atom. The second kappa shape index (κ2) is 8.62. The van der Waals surface area contributed by atoms with Gasteiger partial charge >= 0.3 is 0 Å². The summed E-state index contributed by atoms with van der Waals surface area (Å²) in [6, 6.07) is 12.8. The fourth-order valence-corrected chi connectivity index (χ4v) is 4.77. The van der Waals surface area contributed by atoms with Gasteiger partial charge in [-0.25, -0.2) is 9.07 Å². The maximum Gasteiger partial charge on any atom is 0.168 e. The summed E-state index contributed by atoms with van der Waals surface area (Å²) in [5, 5.41) is 15.7. The molecule has 4 nitrogen and oxygen atoms in total. The molecule has 0 saturated heterocycles. The monoisotopic (exact) mass is 538 g/mol. The maximum atomic E-state index is 14.5. The number of hydrogen-bond donors (Lipinski definition) is 0. The zero-order chi connectivity index (χ0) is 22.3. The van der Waals surface area contributed by atoms with Crippen LogP contribution < -0.4 is 0 Å². The summed E-state index contributed by atoms with van der Waals surface area (Å²) >= 11 is 17.4. The topological polar surface area (TPSA) is 43.6 Å². The minimum absolute atomic E-state index is 0.164. The average molecular weight is 540 g/mol. The first-order valence-electron chi connectivity index (χ1n) is 9.42. The largest absolute Gasteiger partial charge is 0.246 e. The zero-order valence-electron chi connectivity index (χ0n) is 17.0. The van der Waals surface area contributed by atoms with Crippen LogP contribution in [-0.2, 0) is 12.1 Å². The average Bonchev–Trinajstić information content (AvgIpc) is 3.33. The number of benzene rings is 2. The molecule has 0 N–H and O–H groups in total. The highest BCUT2D eigenvalue weighted by atomic mass is 79.9. The molecule has 0 amide bonds. The highest BCUT2D eigenvalue weighted by molar-refractivity contribution is 9.10. The van der Waals surface area contributed by atoms with Crippen molar-refractivity contribution in [1.29, 1.82) is 0 Å². The highest BCUT2D eigenvalue weighted by Gasteiger charge is 2.27. The van der Waals surface area contributed by atoms with Crippen LogP contribution in [0.4, 0.5) is 4.39 Å². The Morgan fingerprint density at radius 3 is 2.35 bits per heavy atom. The number of rotatable bonds is 4. The third-order valence-electron chi connectivity index (χ3n) is 4.64. The van der Waals surface area contributed by atoms with E-state index in [0.29, 0.717) is 37.7 Å². The molecule has 4 aromatic rings. The van der Waals surface area contributed by atoms with Crippen molar-refractivity contribution in [3.8, 4) is 27.6 Å². The first kappa shape index (κ1) is 22.4. The van der Waals surface area contributed by atoms with Crippen LogP contribution >= 0.6 is 50.5 Å². The molecule has 0 unspecified atom stereocenters. The molecule has 0 saturated carbocycles. The molecule has 2 aromatic heterocycles. The second-order valence-electron chi connectivity index (χ2n) is 7.99. The van der Waals surface area contributed by atoms with Gasteiger partial charge in [0, 0.05) is 26.0 Å². The van der Waals surface area contributed by atoms with Crippen LogP contribution in [0.2, 0.25) is 10.0 Å². The van der Waals surface area contributed by atoms with Crippen LogP contribution in [0.5, 0.6) is 0 Å². The third kappa shape index (κ3) is 4.42. The SMILES string of the molecule is CC(C)(C)c1nnc(-c2nn(-c3ccc(Cl)cc3Cl)c(-c3ccc(Br)cc3)c2CF)s1. The third-order valence-corrected chi connectivity index (χ3v) is 7.06. The predicted octanol–water partition coefficient (Wildman–Crippen LogP) is 7.89. The lowest BCUT2D eigenvalue weighted by Gasteiger charge is -2.12. The lowest BCUT2D eigenvalue weighted by atomic mass is 9.98. The summed E-state index contributed by atoms with van der Waals surface area (Å²) in [5.74, 6) is 0. The van der Waals surface area contributed by atoms with Crippen LogP contribution in [0.3, 0.4) is 0 Å². The van der Waals surface area contributed by atoms with E-state index in [9.17, 15) is 4.39 Å². The molecule has 0 atom stereocenters. The van der Waals surface area contributed by atoms with Crippen LogP contribution in [0.25, 0.3) is 27.6 Å². The Bertz CT molecular complexity index is 1250. The van der Waals surface area contributed by atoms with Gasteiger partial charge in [0.15, 0.2) is 5.01 Å². The molecular weight excluding hydrogens is 522 g/mol. The molecule has 9 heteroatoms. The Labute approximate surface area is 202 Å². The molecule has 31 heavy (non-hydrogen) atoms. The van der Waals surface area contributed by atoms with Gasteiger partial charge in [-0.3, -0.25) is 0 Å². The standard InChI is InChI=1S/C22H18BrCl2FN4S/c1-22(2,3)21-28-27-20(31-21)18-15(11-26)19(12-4-6-13(23)7-5-12)30(29-18)17-9-8-14(24)10-16(17)25/h4-10H,11H2,1-3H3. The Morgan fingerprint density at radius 2 is 1.77 bits per heavy atom. The van der Waals surface area contributed by atoms with Gasteiger partial charge in [0.05, 0.1) is 16.4 Å². The Kier molecular flexibility index (Phi) is 6.23. The fourth-order valence-electron chi connectivity index (χ4n) is 3.10. The lowest BCUT2D eigenvalue weighted by Crippen LogP contribution is -2.10. The molecule has 4 rings (SSSR count). The molecule has 0 radical (unpaired) electrons. The van der Waals surface area contributed by atoms with Gasteiger partial charge in [0.1, 0.15) is 17.4 Å². The van der Waals surface area contributed by atoms with Crippen molar-refractivity contribution in [2.24, 2.45) is 0 Å². The van der Waals surface area contributed by atoms with Crippen LogP contribution in [0.15, 0.2) is 46.9 Å². The number of aromatic nitrogens is 4. The first-order chi connectivity index (χ1) is 14.7. The fraction of sp³-hybridized carbons (Fsp3) is 0.227. The van der Waals surface area contributed by atoms with E-state index in [0.717, 1.165) is 15.0 Å². The second-order valence-corrected chi connectivity index (χ2v) is 10.7. The van der Waals surface area contributed by atoms with Crippen molar-refractivity contribution in [2.45, 2.75) is 32.9 Å². The molecule has 0 aliphatic rings. The zero-order valence-corrected chi connectivity index (χ0v) is 20.9. The number of nitrogens with zero attached hydrogens (tertiary/aromatic N) is 4. The first-order valence-corrected chi connectivity index (χ1v) is 11.8. The predicted molar refractivity (Wildman–Crippen MR) is 129 cm³/mol. The van der Waals surface area contributed by atoms with Gasteiger partial charge in [-0.05, 0) is 30.3 Å². The Hall–Kier alpha value is -1.80. The maximum absolute atomic E-state index is 14.5. The quantitative estimate of drug-likeness (QED) is 0.265.